The smallest absolute Gasteiger partial charge is 0.157 e. The van der Waals surface area contributed by atoms with E-state index in [9.17, 15) is 0 Å². The fourth-order valence-corrected chi connectivity index (χ4v) is 2.63. The third-order valence-corrected chi connectivity index (χ3v) is 4.01. The highest BCUT2D eigenvalue weighted by Gasteiger charge is 2.29. The van der Waals surface area contributed by atoms with Crippen molar-refractivity contribution in [1.29, 1.82) is 0 Å². The summed E-state index contributed by atoms with van der Waals surface area (Å²) in [4.78, 5) is 8.77. The summed E-state index contributed by atoms with van der Waals surface area (Å²) in [7, 11) is 1.66. The molecular weight excluding hydrogens is 290 g/mol. The highest BCUT2D eigenvalue weighted by atomic mass is 16.5. The number of pyridine rings is 1. The lowest BCUT2D eigenvalue weighted by molar-refractivity contribution is 0.405. The first-order chi connectivity index (χ1) is 11.2. The first kappa shape index (κ1) is 13.6. The zero-order chi connectivity index (χ0) is 16.0. The number of ether oxygens (including phenoxy) is 1. The summed E-state index contributed by atoms with van der Waals surface area (Å²) < 4.78 is 7.23. The van der Waals surface area contributed by atoms with E-state index in [1.807, 2.05) is 12.1 Å². The Kier molecular flexibility index (Phi) is 2.95. The zero-order valence-electron chi connectivity index (χ0n) is 12.7. The molecule has 6 nitrogen and oxygen atoms in total. The third-order valence-electron chi connectivity index (χ3n) is 4.01. The van der Waals surface area contributed by atoms with Gasteiger partial charge in [-0.25, -0.2) is 14.5 Å². The van der Waals surface area contributed by atoms with Gasteiger partial charge in [-0.15, -0.1) is 6.42 Å². The van der Waals surface area contributed by atoms with Gasteiger partial charge >= 0.3 is 0 Å². The molecule has 0 amide bonds. The predicted octanol–water partition coefficient (Wildman–Crippen LogP) is 2.24. The highest BCUT2D eigenvalue weighted by Crippen LogP contribution is 2.43. The Morgan fingerprint density at radius 3 is 2.87 bits per heavy atom. The van der Waals surface area contributed by atoms with Crippen LogP contribution in [0.3, 0.4) is 0 Å². The van der Waals surface area contributed by atoms with Crippen LogP contribution in [0.1, 0.15) is 30.0 Å². The number of imidazole rings is 1. The van der Waals surface area contributed by atoms with E-state index in [1.54, 1.807) is 23.9 Å². The number of terminal acetylenes is 1. The molecule has 0 aliphatic heterocycles. The summed E-state index contributed by atoms with van der Waals surface area (Å²) in [6.45, 7) is 0. The van der Waals surface area contributed by atoms with Crippen LogP contribution in [0, 0.1) is 12.3 Å². The van der Waals surface area contributed by atoms with Crippen molar-refractivity contribution < 1.29 is 4.74 Å². The van der Waals surface area contributed by atoms with Crippen molar-refractivity contribution in [1.82, 2.24) is 19.6 Å². The maximum absolute atomic E-state index is 5.89. The highest BCUT2D eigenvalue weighted by molar-refractivity contribution is 5.64. The minimum absolute atomic E-state index is 0.330. The number of methoxy groups -OCH3 is 1. The molecule has 0 unspecified atom stereocenters. The molecule has 0 atom stereocenters. The quantitative estimate of drug-likeness (QED) is 0.751. The lowest BCUT2D eigenvalue weighted by Gasteiger charge is -2.08. The van der Waals surface area contributed by atoms with Gasteiger partial charge in [-0.1, -0.05) is 5.92 Å². The van der Waals surface area contributed by atoms with Crippen molar-refractivity contribution in [2.24, 2.45) is 0 Å². The fourth-order valence-electron chi connectivity index (χ4n) is 2.63. The Morgan fingerprint density at radius 2 is 2.22 bits per heavy atom. The molecule has 0 spiro atoms. The van der Waals surface area contributed by atoms with Crippen molar-refractivity contribution in [3.8, 4) is 29.5 Å². The monoisotopic (exact) mass is 305 g/mol. The molecule has 0 aromatic carbocycles. The second-order valence-corrected chi connectivity index (χ2v) is 5.56. The molecule has 0 saturated heterocycles. The van der Waals surface area contributed by atoms with Gasteiger partial charge in [-0.05, 0) is 25.0 Å². The molecule has 4 rings (SSSR count). The standard InChI is InChI=1S/C17H15N5O/c1-3-10-6-7-12(20-17(10)18)13-9-19-15-8-14(23-2)16(11-4-5-11)21-22(13)15/h1,6-9,11H,4-5H2,2H3,(H2,18,20). The number of anilines is 1. The van der Waals surface area contributed by atoms with Crippen molar-refractivity contribution in [3.05, 3.63) is 35.7 Å². The largest absolute Gasteiger partial charge is 0.495 e. The van der Waals surface area contributed by atoms with Gasteiger partial charge in [0.15, 0.2) is 5.65 Å². The number of rotatable bonds is 3. The molecule has 0 radical (unpaired) electrons. The minimum atomic E-state index is 0.330. The summed E-state index contributed by atoms with van der Waals surface area (Å²) in [5.74, 6) is 4.09. The topological polar surface area (TPSA) is 78.3 Å². The molecule has 1 fully saturated rings. The van der Waals surface area contributed by atoms with Gasteiger partial charge in [0, 0.05) is 12.0 Å². The first-order valence-corrected chi connectivity index (χ1v) is 7.37. The van der Waals surface area contributed by atoms with Gasteiger partial charge < -0.3 is 10.5 Å². The summed E-state index contributed by atoms with van der Waals surface area (Å²) in [5.41, 5.74) is 9.61. The van der Waals surface area contributed by atoms with Crippen LogP contribution in [-0.4, -0.2) is 26.7 Å². The molecule has 6 heteroatoms. The van der Waals surface area contributed by atoms with Crippen LogP contribution in [0.15, 0.2) is 24.4 Å². The summed E-state index contributed by atoms with van der Waals surface area (Å²) in [6.07, 6.45) is 9.40. The molecule has 2 N–H and O–H groups in total. The van der Waals surface area contributed by atoms with Crippen LogP contribution in [0.4, 0.5) is 5.82 Å². The van der Waals surface area contributed by atoms with Gasteiger partial charge in [0.05, 0.1) is 24.6 Å². The molecule has 1 saturated carbocycles. The van der Waals surface area contributed by atoms with Gasteiger partial charge in [0.25, 0.3) is 0 Å². The molecular formula is C17H15N5O. The number of hydrogen-bond donors (Lipinski definition) is 1. The van der Waals surface area contributed by atoms with Crippen LogP contribution < -0.4 is 10.5 Å². The Morgan fingerprint density at radius 1 is 1.39 bits per heavy atom. The first-order valence-electron chi connectivity index (χ1n) is 7.37. The normalized spacial score (nSPS) is 13.9. The molecule has 23 heavy (non-hydrogen) atoms. The number of hydrogen-bond acceptors (Lipinski definition) is 5. The molecule has 3 heterocycles. The molecule has 3 aromatic heterocycles. The maximum atomic E-state index is 5.89. The SMILES string of the molecule is C#Cc1ccc(-c2cnc3cc(OC)c(C4CC4)nn23)nc1N. The number of nitrogens with zero attached hydrogens (tertiary/aromatic N) is 4. The van der Waals surface area contributed by atoms with E-state index >= 15 is 0 Å². The summed E-state index contributed by atoms with van der Waals surface area (Å²) in [5, 5.41) is 4.72. The van der Waals surface area contributed by atoms with E-state index in [-0.39, 0.29) is 0 Å². The van der Waals surface area contributed by atoms with Crippen LogP contribution in [-0.2, 0) is 0 Å². The van der Waals surface area contributed by atoms with E-state index in [1.165, 1.54) is 0 Å². The van der Waals surface area contributed by atoms with Crippen molar-refractivity contribution >= 4 is 11.5 Å². The number of nitrogen functional groups attached to an aromatic ring is 1. The van der Waals surface area contributed by atoms with Gasteiger partial charge in [-0.2, -0.15) is 5.10 Å². The van der Waals surface area contributed by atoms with E-state index in [0.717, 1.165) is 30.0 Å². The van der Waals surface area contributed by atoms with Crippen molar-refractivity contribution in [2.45, 2.75) is 18.8 Å². The van der Waals surface area contributed by atoms with E-state index < -0.39 is 0 Å². The fraction of sp³-hybridized carbons (Fsp3) is 0.235. The van der Waals surface area contributed by atoms with Crippen LogP contribution in [0.2, 0.25) is 0 Å². The lowest BCUT2D eigenvalue weighted by Crippen LogP contribution is -2.03. The molecule has 0 bridgehead atoms. The number of fused-ring (bicyclic) bond motifs is 1. The summed E-state index contributed by atoms with van der Waals surface area (Å²) in [6, 6.07) is 5.52. The summed E-state index contributed by atoms with van der Waals surface area (Å²) >= 11 is 0. The maximum Gasteiger partial charge on any atom is 0.157 e. The van der Waals surface area contributed by atoms with Crippen LogP contribution in [0.5, 0.6) is 5.75 Å². The lowest BCUT2D eigenvalue weighted by atomic mass is 10.2. The zero-order valence-corrected chi connectivity index (χ0v) is 12.7. The molecule has 3 aromatic rings. The minimum Gasteiger partial charge on any atom is -0.495 e. The second kappa shape index (κ2) is 4.99. The second-order valence-electron chi connectivity index (χ2n) is 5.56. The number of aromatic nitrogens is 4. The van der Waals surface area contributed by atoms with Gasteiger partial charge in [-0.3, -0.25) is 0 Å². The molecule has 1 aliphatic rings. The average Bonchev–Trinajstić information content (AvgIpc) is 3.33. The van der Waals surface area contributed by atoms with E-state index in [2.05, 4.69) is 15.9 Å². The molecule has 1 aliphatic carbocycles. The van der Waals surface area contributed by atoms with Gasteiger partial charge in [0.2, 0.25) is 0 Å². The third kappa shape index (κ3) is 2.18. The Balaban J connectivity index is 1.89. The Bertz CT molecular complexity index is 950. The molecule has 114 valence electrons. The van der Waals surface area contributed by atoms with Crippen LogP contribution in [0.25, 0.3) is 17.0 Å². The van der Waals surface area contributed by atoms with Crippen molar-refractivity contribution in [2.75, 3.05) is 12.8 Å². The van der Waals surface area contributed by atoms with Gasteiger partial charge in [0.1, 0.15) is 23.0 Å². The van der Waals surface area contributed by atoms with E-state index in [4.69, 9.17) is 22.0 Å². The van der Waals surface area contributed by atoms with Crippen molar-refractivity contribution in [3.63, 3.8) is 0 Å². The number of nitrogens with two attached hydrogens (primary N) is 1. The Labute approximate surface area is 133 Å². The van der Waals surface area contributed by atoms with Crippen LogP contribution >= 0.6 is 0 Å². The Hall–Kier alpha value is -3.07. The predicted molar refractivity (Wildman–Crippen MR) is 87.1 cm³/mol. The van der Waals surface area contributed by atoms with E-state index in [0.29, 0.717) is 28.6 Å². The average molecular weight is 305 g/mol.